The molecule has 0 N–H and O–H groups in total. The van der Waals surface area contributed by atoms with Gasteiger partial charge >= 0.3 is 0 Å². The van der Waals surface area contributed by atoms with Gasteiger partial charge in [-0.1, -0.05) is 55.1 Å². The van der Waals surface area contributed by atoms with Crippen molar-refractivity contribution in [2.45, 2.75) is 3.74 Å². The van der Waals surface area contributed by atoms with E-state index in [9.17, 15) is 4.79 Å². The van der Waals surface area contributed by atoms with Crippen LogP contribution in [0.15, 0.2) is 12.3 Å². The van der Waals surface area contributed by atoms with Gasteiger partial charge in [-0.15, -0.1) is 0 Å². The molecule has 0 fully saturated rings. The van der Waals surface area contributed by atoms with Crippen LogP contribution in [-0.4, -0.2) is 14.5 Å². The van der Waals surface area contributed by atoms with Crippen LogP contribution in [0, 0.1) is 0 Å². The van der Waals surface area contributed by atoms with Gasteiger partial charge in [0, 0.05) is 6.20 Å². The fraction of sp³-hybridized carbons (Fsp3) is 0.143. The zero-order valence-electron chi connectivity index (χ0n) is 6.10. The maximum Gasteiger partial charge on any atom is 0.206 e. The molecule has 0 saturated heterocycles. The van der Waals surface area contributed by atoms with Crippen molar-refractivity contribution in [1.82, 2.24) is 4.98 Å². The summed E-state index contributed by atoms with van der Waals surface area (Å²) in [5.41, 5.74) is 0.199. The predicted molar refractivity (Wildman–Crippen MR) is 60.2 cm³/mol. The quantitative estimate of drug-likeness (QED) is 0.603. The number of nitrogens with zero attached hydrogens (tertiary/aromatic N) is 1. The standard InChI is InChI=1S/C7H3Br2Cl2NO/c8-7(9)6(13)5-4(11)1-3(10)2-12-5/h1-2,7H. The molecule has 0 bridgehead atoms. The molecule has 13 heavy (non-hydrogen) atoms. The third-order valence-electron chi connectivity index (χ3n) is 1.24. The fourth-order valence-corrected chi connectivity index (χ4v) is 1.61. The maximum atomic E-state index is 11.4. The zero-order chi connectivity index (χ0) is 10.0. The summed E-state index contributed by atoms with van der Waals surface area (Å²) in [7, 11) is 0. The van der Waals surface area contributed by atoms with E-state index in [0.717, 1.165) is 0 Å². The number of halogens is 4. The highest BCUT2D eigenvalue weighted by molar-refractivity contribution is 9.25. The van der Waals surface area contributed by atoms with Crippen LogP contribution in [-0.2, 0) is 0 Å². The number of pyridine rings is 1. The molecular formula is C7H3Br2Cl2NO. The Hall–Kier alpha value is 0.360. The molecular weight excluding hydrogens is 345 g/mol. The summed E-state index contributed by atoms with van der Waals surface area (Å²) in [4.78, 5) is 15.2. The van der Waals surface area contributed by atoms with Gasteiger partial charge in [-0.05, 0) is 6.07 Å². The summed E-state index contributed by atoms with van der Waals surface area (Å²) in [6.45, 7) is 0. The summed E-state index contributed by atoms with van der Waals surface area (Å²) in [5.74, 6) is -0.235. The molecule has 0 aliphatic carbocycles. The van der Waals surface area contributed by atoms with E-state index in [2.05, 4.69) is 36.8 Å². The lowest BCUT2D eigenvalue weighted by Crippen LogP contribution is -2.09. The summed E-state index contributed by atoms with van der Waals surface area (Å²) in [5, 5.41) is 0.656. The van der Waals surface area contributed by atoms with Gasteiger partial charge in [0.1, 0.15) is 9.43 Å². The van der Waals surface area contributed by atoms with Crippen LogP contribution >= 0.6 is 55.1 Å². The largest absolute Gasteiger partial charge is 0.290 e. The van der Waals surface area contributed by atoms with Gasteiger partial charge < -0.3 is 0 Å². The zero-order valence-corrected chi connectivity index (χ0v) is 10.8. The molecule has 0 aromatic carbocycles. The Morgan fingerprint density at radius 3 is 2.54 bits per heavy atom. The molecule has 0 saturated carbocycles. The van der Waals surface area contributed by atoms with Crippen LogP contribution in [0.25, 0.3) is 0 Å². The first kappa shape index (κ1) is 11.4. The van der Waals surface area contributed by atoms with E-state index in [0.29, 0.717) is 5.02 Å². The third kappa shape index (κ3) is 2.91. The van der Waals surface area contributed by atoms with Crippen molar-refractivity contribution in [2.24, 2.45) is 0 Å². The number of Topliss-reactive ketones (excluding diaryl/α,β-unsaturated/α-hetero) is 1. The average Bonchev–Trinajstić information content (AvgIpc) is 2.03. The summed E-state index contributed by atoms with van der Waals surface area (Å²) in [6.07, 6.45) is 1.38. The molecule has 1 heterocycles. The number of alkyl halides is 2. The number of hydrogen-bond acceptors (Lipinski definition) is 2. The van der Waals surface area contributed by atoms with Gasteiger partial charge in [-0.3, -0.25) is 4.79 Å². The van der Waals surface area contributed by atoms with Gasteiger partial charge in [0.15, 0.2) is 0 Å². The minimum atomic E-state index is -0.480. The normalized spacial score (nSPS) is 10.5. The van der Waals surface area contributed by atoms with Gasteiger partial charge in [0.25, 0.3) is 0 Å². The van der Waals surface area contributed by atoms with Crippen molar-refractivity contribution in [3.63, 3.8) is 0 Å². The summed E-state index contributed by atoms with van der Waals surface area (Å²) < 4.78 is -0.480. The Morgan fingerprint density at radius 1 is 1.46 bits per heavy atom. The Bertz CT molecular complexity index is 343. The topological polar surface area (TPSA) is 30.0 Å². The van der Waals surface area contributed by atoms with Gasteiger partial charge in [-0.2, -0.15) is 0 Å². The molecule has 0 radical (unpaired) electrons. The lowest BCUT2D eigenvalue weighted by molar-refractivity contribution is 0.101. The van der Waals surface area contributed by atoms with E-state index in [-0.39, 0.29) is 16.5 Å². The highest BCUT2D eigenvalue weighted by Crippen LogP contribution is 2.23. The number of carbonyl (C=O) groups is 1. The smallest absolute Gasteiger partial charge is 0.206 e. The summed E-state index contributed by atoms with van der Waals surface area (Å²) >= 11 is 17.5. The molecule has 6 heteroatoms. The van der Waals surface area contributed by atoms with E-state index in [4.69, 9.17) is 23.2 Å². The number of aromatic nitrogens is 1. The maximum absolute atomic E-state index is 11.4. The Balaban J connectivity index is 3.09. The van der Waals surface area contributed by atoms with Crippen LogP contribution in [0.4, 0.5) is 0 Å². The average molecular weight is 348 g/mol. The van der Waals surface area contributed by atoms with E-state index in [1.54, 1.807) is 0 Å². The lowest BCUT2D eigenvalue weighted by atomic mass is 10.3. The molecule has 70 valence electrons. The highest BCUT2D eigenvalue weighted by atomic mass is 79.9. The molecule has 0 unspecified atom stereocenters. The van der Waals surface area contributed by atoms with E-state index >= 15 is 0 Å². The van der Waals surface area contributed by atoms with Crippen molar-refractivity contribution in [3.8, 4) is 0 Å². The minimum Gasteiger partial charge on any atom is -0.290 e. The van der Waals surface area contributed by atoms with Gasteiger partial charge in [-0.25, -0.2) is 4.98 Å². The first-order valence-electron chi connectivity index (χ1n) is 3.16. The molecule has 0 aliphatic heterocycles. The molecule has 1 rings (SSSR count). The lowest BCUT2D eigenvalue weighted by Gasteiger charge is -2.02. The van der Waals surface area contributed by atoms with Crippen molar-refractivity contribution >= 4 is 60.8 Å². The molecule has 0 spiro atoms. The van der Waals surface area contributed by atoms with E-state index < -0.39 is 3.74 Å². The van der Waals surface area contributed by atoms with Gasteiger partial charge in [0.05, 0.1) is 10.0 Å². The number of ketones is 1. The summed E-state index contributed by atoms with van der Waals surface area (Å²) in [6, 6.07) is 1.48. The van der Waals surface area contributed by atoms with Crippen molar-refractivity contribution in [3.05, 3.63) is 28.0 Å². The van der Waals surface area contributed by atoms with Crippen molar-refractivity contribution < 1.29 is 4.79 Å². The van der Waals surface area contributed by atoms with Crippen LogP contribution in [0.1, 0.15) is 10.5 Å². The first-order valence-corrected chi connectivity index (χ1v) is 5.74. The van der Waals surface area contributed by atoms with Crippen LogP contribution in [0.2, 0.25) is 10.0 Å². The Kier molecular flexibility index (Phi) is 4.16. The van der Waals surface area contributed by atoms with Crippen molar-refractivity contribution in [1.29, 1.82) is 0 Å². The molecule has 1 aromatic heterocycles. The second-order valence-corrected chi connectivity index (χ2v) is 6.05. The van der Waals surface area contributed by atoms with Crippen LogP contribution < -0.4 is 0 Å². The molecule has 0 atom stereocenters. The van der Waals surface area contributed by atoms with Crippen LogP contribution in [0.5, 0.6) is 0 Å². The molecule has 1 aromatic rings. The number of rotatable bonds is 2. The Labute approximate surface area is 102 Å². The van der Waals surface area contributed by atoms with E-state index in [1.807, 2.05) is 0 Å². The van der Waals surface area contributed by atoms with Gasteiger partial charge in [0.2, 0.25) is 5.78 Å². The minimum absolute atomic E-state index is 0.199. The van der Waals surface area contributed by atoms with Crippen LogP contribution in [0.3, 0.4) is 0 Å². The Morgan fingerprint density at radius 2 is 2.08 bits per heavy atom. The fourth-order valence-electron chi connectivity index (χ4n) is 0.699. The predicted octanol–water partition coefficient (Wildman–Crippen LogP) is 3.69. The molecule has 2 nitrogen and oxygen atoms in total. The second-order valence-electron chi connectivity index (χ2n) is 2.15. The van der Waals surface area contributed by atoms with E-state index in [1.165, 1.54) is 12.3 Å². The third-order valence-corrected chi connectivity index (χ3v) is 2.57. The monoisotopic (exact) mass is 345 g/mol. The molecule has 0 amide bonds. The second kappa shape index (κ2) is 4.73. The van der Waals surface area contributed by atoms with Crippen molar-refractivity contribution in [2.75, 3.05) is 0 Å². The molecule has 0 aliphatic rings. The first-order chi connectivity index (χ1) is 6.02. The SMILES string of the molecule is O=C(c1ncc(Cl)cc1Cl)C(Br)Br. The number of carbonyl (C=O) groups excluding carboxylic acids is 1. The number of hydrogen-bond donors (Lipinski definition) is 0. The highest BCUT2D eigenvalue weighted by Gasteiger charge is 2.18.